The molecule has 80 valence electrons. The summed E-state index contributed by atoms with van der Waals surface area (Å²) in [6, 6.07) is 8.94. The lowest BCUT2D eigenvalue weighted by Gasteiger charge is -2.12. The Morgan fingerprint density at radius 1 is 1.53 bits per heavy atom. The summed E-state index contributed by atoms with van der Waals surface area (Å²) in [7, 11) is 0. The topological polar surface area (TPSA) is 0 Å². The van der Waals surface area contributed by atoms with Gasteiger partial charge in [-0.3, -0.25) is 0 Å². The molecule has 1 aromatic rings. The van der Waals surface area contributed by atoms with Gasteiger partial charge in [0.05, 0.1) is 0 Å². The molecule has 1 aliphatic carbocycles. The summed E-state index contributed by atoms with van der Waals surface area (Å²) in [6.45, 7) is 8.36. The summed E-state index contributed by atoms with van der Waals surface area (Å²) in [6.07, 6.45) is 4.65. The third-order valence-electron chi connectivity index (χ3n) is 3.66. The lowest BCUT2D eigenvalue weighted by Crippen LogP contribution is -1.98. The largest absolute Gasteiger partial charge is 0.103 e. The summed E-state index contributed by atoms with van der Waals surface area (Å²) in [5, 5.41) is 0. The predicted molar refractivity (Wildman–Crippen MR) is 66.0 cm³/mol. The van der Waals surface area contributed by atoms with E-state index in [-0.39, 0.29) is 0 Å². The zero-order valence-corrected chi connectivity index (χ0v) is 9.74. The third-order valence-corrected chi connectivity index (χ3v) is 3.66. The van der Waals surface area contributed by atoms with E-state index < -0.39 is 0 Å². The van der Waals surface area contributed by atoms with Crippen LogP contribution in [0.2, 0.25) is 0 Å². The second-order valence-corrected chi connectivity index (χ2v) is 4.89. The second-order valence-electron chi connectivity index (χ2n) is 4.89. The number of hydrogen-bond donors (Lipinski definition) is 0. The number of hydrogen-bond acceptors (Lipinski definition) is 0. The molecule has 0 nitrogen and oxygen atoms in total. The highest BCUT2D eigenvalue weighted by Gasteiger charge is 2.40. The highest BCUT2D eigenvalue weighted by atomic mass is 14.4. The third kappa shape index (κ3) is 2.31. The van der Waals surface area contributed by atoms with E-state index in [1.165, 1.54) is 24.0 Å². The number of rotatable bonds is 4. The van der Waals surface area contributed by atoms with Gasteiger partial charge < -0.3 is 0 Å². The van der Waals surface area contributed by atoms with Gasteiger partial charge >= 0.3 is 0 Å². The lowest BCUT2D eigenvalue weighted by atomic mass is 9.93. The van der Waals surface area contributed by atoms with Crippen molar-refractivity contribution in [1.29, 1.82) is 0 Å². The van der Waals surface area contributed by atoms with E-state index in [0.29, 0.717) is 0 Å². The first-order valence-electron chi connectivity index (χ1n) is 5.90. The first-order valence-corrected chi connectivity index (χ1v) is 5.90. The van der Waals surface area contributed by atoms with E-state index in [1.54, 1.807) is 0 Å². The lowest BCUT2D eigenvalue weighted by molar-refractivity contribution is 0.600. The summed E-state index contributed by atoms with van der Waals surface area (Å²) < 4.78 is 0. The molecular weight excluding hydrogens is 180 g/mol. The van der Waals surface area contributed by atoms with Crippen molar-refractivity contribution in [2.75, 3.05) is 0 Å². The quantitative estimate of drug-likeness (QED) is 0.635. The van der Waals surface area contributed by atoms with Crippen molar-refractivity contribution in [2.45, 2.75) is 32.6 Å². The second kappa shape index (κ2) is 4.22. The van der Waals surface area contributed by atoms with Crippen LogP contribution in [0, 0.1) is 18.8 Å². The molecule has 0 heterocycles. The van der Waals surface area contributed by atoms with E-state index in [9.17, 15) is 0 Å². The SMILES string of the molecule is C=CCC1CC1C(C)c1cccc(C)c1. The van der Waals surface area contributed by atoms with Crippen LogP contribution in [0.3, 0.4) is 0 Å². The molecule has 0 N–H and O–H groups in total. The van der Waals surface area contributed by atoms with Crippen LogP contribution in [-0.4, -0.2) is 0 Å². The Balaban J connectivity index is 2.03. The minimum absolute atomic E-state index is 0.717. The van der Waals surface area contributed by atoms with Crippen LogP contribution < -0.4 is 0 Å². The van der Waals surface area contributed by atoms with Gasteiger partial charge in [0.1, 0.15) is 0 Å². The fourth-order valence-electron chi connectivity index (χ4n) is 2.57. The standard InChI is InChI=1S/C15H20/c1-4-6-14-10-15(14)12(3)13-8-5-7-11(2)9-13/h4-5,7-9,12,14-15H,1,6,10H2,2-3H3. The molecule has 0 spiro atoms. The smallest absolute Gasteiger partial charge is 0.0159 e. The van der Waals surface area contributed by atoms with Crippen LogP contribution in [0.15, 0.2) is 36.9 Å². The molecule has 0 saturated heterocycles. The highest BCUT2D eigenvalue weighted by Crippen LogP contribution is 2.50. The summed E-state index contributed by atoms with van der Waals surface area (Å²) >= 11 is 0. The molecule has 0 aliphatic heterocycles. The van der Waals surface area contributed by atoms with Gasteiger partial charge in [0.15, 0.2) is 0 Å². The predicted octanol–water partition coefficient (Wildman–Crippen LogP) is 4.31. The maximum absolute atomic E-state index is 3.82. The molecule has 0 heteroatoms. The van der Waals surface area contributed by atoms with Crippen LogP contribution in [-0.2, 0) is 0 Å². The van der Waals surface area contributed by atoms with Gasteiger partial charge in [-0.25, -0.2) is 0 Å². The van der Waals surface area contributed by atoms with E-state index in [1.807, 2.05) is 0 Å². The molecule has 3 unspecified atom stereocenters. The molecule has 3 atom stereocenters. The zero-order valence-electron chi connectivity index (χ0n) is 9.74. The van der Waals surface area contributed by atoms with E-state index in [4.69, 9.17) is 0 Å². The van der Waals surface area contributed by atoms with Gasteiger partial charge in [0.2, 0.25) is 0 Å². The maximum atomic E-state index is 3.82. The summed E-state index contributed by atoms with van der Waals surface area (Å²) in [4.78, 5) is 0. The first-order chi connectivity index (χ1) is 7.22. The molecule has 1 fully saturated rings. The van der Waals surface area contributed by atoms with Gasteiger partial charge in [0, 0.05) is 0 Å². The monoisotopic (exact) mass is 200 g/mol. The van der Waals surface area contributed by atoms with Crippen molar-refractivity contribution in [3.05, 3.63) is 48.0 Å². The molecular formula is C15H20. The van der Waals surface area contributed by atoms with Crippen molar-refractivity contribution >= 4 is 0 Å². The fraction of sp³-hybridized carbons (Fsp3) is 0.467. The Morgan fingerprint density at radius 3 is 3.00 bits per heavy atom. The molecule has 1 aromatic carbocycles. The Bertz CT molecular complexity index is 351. The van der Waals surface area contributed by atoms with Gasteiger partial charge in [-0.1, -0.05) is 42.8 Å². The van der Waals surface area contributed by atoms with Gasteiger partial charge in [-0.15, -0.1) is 6.58 Å². The Morgan fingerprint density at radius 2 is 2.33 bits per heavy atom. The van der Waals surface area contributed by atoms with Crippen molar-refractivity contribution in [1.82, 2.24) is 0 Å². The van der Waals surface area contributed by atoms with Crippen molar-refractivity contribution in [2.24, 2.45) is 11.8 Å². The number of aryl methyl sites for hydroxylation is 1. The molecule has 0 radical (unpaired) electrons. The van der Waals surface area contributed by atoms with Crippen LogP contribution in [0.5, 0.6) is 0 Å². The first kappa shape index (κ1) is 10.5. The molecule has 0 amide bonds. The molecule has 1 aliphatic rings. The summed E-state index contributed by atoms with van der Waals surface area (Å²) in [5.41, 5.74) is 2.88. The normalized spacial score (nSPS) is 26.0. The number of allylic oxidation sites excluding steroid dienone is 1. The fourth-order valence-corrected chi connectivity index (χ4v) is 2.57. The van der Waals surface area contributed by atoms with Crippen LogP contribution >= 0.6 is 0 Å². The minimum atomic E-state index is 0.717. The average Bonchev–Trinajstić information content (AvgIpc) is 2.97. The molecule has 0 aromatic heterocycles. The van der Waals surface area contributed by atoms with Crippen LogP contribution in [0.1, 0.15) is 36.8 Å². The molecule has 15 heavy (non-hydrogen) atoms. The van der Waals surface area contributed by atoms with Crippen molar-refractivity contribution in [3.8, 4) is 0 Å². The van der Waals surface area contributed by atoms with Gasteiger partial charge in [0.25, 0.3) is 0 Å². The van der Waals surface area contributed by atoms with Crippen molar-refractivity contribution in [3.63, 3.8) is 0 Å². The Labute approximate surface area is 93.0 Å². The van der Waals surface area contributed by atoms with Gasteiger partial charge in [-0.2, -0.15) is 0 Å². The Kier molecular flexibility index (Phi) is 2.95. The van der Waals surface area contributed by atoms with E-state index in [0.717, 1.165) is 17.8 Å². The zero-order chi connectivity index (χ0) is 10.8. The summed E-state index contributed by atoms with van der Waals surface area (Å²) in [5.74, 6) is 2.51. The minimum Gasteiger partial charge on any atom is -0.103 e. The number of benzene rings is 1. The van der Waals surface area contributed by atoms with E-state index in [2.05, 4.69) is 50.8 Å². The molecule has 1 saturated carbocycles. The average molecular weight is 200 g/mol. The van der Waals surface area contributed by atoms with Gasteiger partial charge in [-0.05, 0) is 43.1 Å². The van der Waals surface area contributed by atoms with Crippen LogP contribution in [0.4, 0.5) is 0 Å². The highest BCUT2D eigenvalue weighted by molar-refractivity contribution is 5.26. The molecule has 0 bridgehead atoms. The Hall–Kier alpha value is -1.04. The molecule has 2 rings (SSSR count). The van der Waals surface area contributed by atoms with Crippen molar-refractivity contribution < 1.29 is 0 Å². The van der Waals surface area contributed by atoms with Crippen LogP contribution in [0.25, 0.3) is 0 Å². The van der Waals surface area contributed by atoms with E-state index >= 15 is 0 Å². The maximum Gasteiger partial charge on any atom is -0.0159 e.